The van der Waals surface area contributed by atoms with E-state index in [9.17, 15) is 4.79 Å². The van der Waals surface area contributed by atoms with Gasteiger partial charge < -0.3 is 14.6 Å². The number of pyridine rings is 1. The number of rotatable bonds is 5. The minimum Gasteiger partial charge on any atom is -0.493 e. The Morgan fingerprint density at radius 2 is 2.19 bits per heavy atom. The number of ether oxygens (including phenoxy) is 2. The number of aromatic nitrogens is 1. The molecule has 0 fully saturated rings. The molecule has 0 saturated heterocycles. The molecule has 21 heavy (non-hydrogen) atoms. The van der Waals surface area contributed by atoms with Gasteiger partial charge in [0.05, 0.1) is 23.4 Å². The molecule has 1 N–H and O–H groups in total. The number of carboxylic acid groups (broad SMARTS) is 1. The number of aromatic carboxylic acids is 1. The number of aryl methyl sites for hydroxylation is 1. The van der Waals surface area contributed by atoms with E-state index in [4.69, 9.17) is 26.2 Å². The zero-order chi connectivity index (χ0) is 15.4. The number of carbonyl (C=O) groups is 1. The van der Waals surface area contributed by atoms with Gasteiger partial charge in [0.15, 0.2) is 11.5 Å². The summed E-state index contributed by atoms with van der Waals surface area (Å²) in [5.74, 6) is -0.509. The molecule has 0 radical (unpaired) electrons. The van der Waals surface area contributed by atoms with Crippen LogP contribution in [0, 0.1) is 6.92 Å². The van der Waals surface area contributed by atoms with Gasteiger partial charge in [0.2, 0.25) is 0 Å². The molecule has 0 aliphatic rings. The van der Waals surface area contributed by atoms with Crippen LogP contribution in [0.5, 0.6) is 11.5 Å². The molecule has 0 saturated carbocycles. The van der Waals surface area contributed by atoms with Crippen molar-refractivity contribution in [3.8, 4) is 11.5 Å². The van der Waals surface area contributed by atoms with E-state index >= 15 is 0 Å². The molecule has 2 rings (SSSR count). The van der Waals surface area contributed by atoms with Gasteiger partial charge in [-0.25, -0.2) is 4.79 Å². The van der Waals surface area contributed by atoms with E-state index in [0.29, 0.717) is 5.75 Å². The molecule has 0 spiro atoms. The lowest BCUT2D eigenvalue weighted by Gasteiger charge is -2.13. The van der Waals surface area contributed by atoms with Crippen LogP contribution in [-0.4, -0.2) is 23.2 Å². The van der Waals surface area contributed by atoms with Crippen molar-refractivity contribution in [2.24, 2.45) is 0 Å². The predicted octanol–water partition coefficient (Wildman–Crippen LogP) is 3.33. The Balaban J connectivity index is 2.28. The van der Waals surface area contributed by atoms with Crippen LogP contribution < -0.4 is 9.47 Å². The lowest BCUT2D eigenvalue weighted by atomic mass is 10.2. The lowest BCUT2D eigenvalue weighted by Crippen LogP contribution is -2.04. The van der Waals surface area contributed by atoms with Crippen LogP contribution >= 0.6 is 11.6 Å². The van der Waals surface area contributed by atoms with E-state index in [1.54, 1.807) is 6.20 Å². The molecule has 0 aliphatic heterocycles. The average Bonchev–Trinajstić information content (AvgIpc) is 2.46. The monoisotopic (exact) mass is 307 g/mol. The first kappa shape index (κ1) is 15.1. The second-order valence-electron chi connectivity index (χ2n) is 4.35. The average molecular weight is 308 g/mol. The van der Waals surface area contributed by atoms with Crippen molar-refractivity contribution in [1.82, 2.24) is 4.98 Å². The molecular weight excluding hydrogens is 294 g/mol. The maximum Gasteiger partial charge on any atom is 0.335 e. The van der Waals surface area contributed by atoms with Gasteiger partial charge >= 0.3 is 5.97 Å². The van der Waals surface area contributed by atoms with Gasteiger partial charge in [-0.15, -0.1) is 0 Å². The first-order valence-electron chi connectivity index (χ1n) is 6.17. The quantitative estimate of drug-likeness (QED) is 0.917. The Kier molecular flexibility index (Phi) is 4.65. The minimum absolute atomic E-state index is 0.0400. The number of methoxy groups -OCH3 is 1. The molecule has 0 aliphatic carbocycles. The summed E-state index contributed by atoms with van der Waals surface area (Å²) in [6, 6.07) is 6.47. The van der Waals surface area contributed by atoms with E-state index in [1.807, 2.05) is 19.1 Å². The summed E-state index contributed by atoms with van der Waals surface area (Å²) < 4.78 is 10.8. The fourth-order valence-electron chi connectivity index (χ4n) is 1.79. The maximum atomic E-state index is 11.0. The maximum absolute atomic E-state index is 11.0. The SMILES string of the molecule is COc1cc(C(=O)O)cc(Cl)c1OCc1ncccc1C. The summed E-state index contributed by atoms with van der Waals surface area (Å²) in [6.07, 6.45) is 1.68. The Hall–Kier alpha value is -2.27. The summed E-state index contributed by atoms with van der Waals surface area (Å²) in [5, 5.41) is 9.18. The van der Waals surface area contributed by atoms with Crippen molar-refractivity contribution in [3.05, 3.63) is 52.3 Å². The second kappa shape index (κ2) is 6.45. The van der Waals surface area contributed by atoms with Crippen LogP contribution in [0.3, 0.4) is 0 Å². The number of halogens is 1. The number of nitrogens with zero attached hydrogens (tertiary/aromatic N) is 1. The summed E-state index contributed by atoms with van der Waals surface area (Å²) in [5.41, 5.74) is 1.81. The molecule has 1 heterocycles. The fourth-order valence-corrected chi connectivity index (χ4v) is 2.06. The van der Waals surface area contributed by atoms with Gasteiger partial charge in [-0.2, -0.15) is 0 Å². The van der Waals surface area contributed by atoms with Crippen LogP contribution in [0.15, 0.2) is 30.5 Å². The number of hydrogen-bond acceptors (Lipinski definition) is 4. The van der Waals surface area contributed by atoms with Crippen molar-refractivity contribution in [1.29, 1.82) is 0 Å². The summed E-state index contributed by atoms with van der Waals surface area (Å²) >= 11 is 6.07. The van der Waals surface area contributed by atoms with Crippen molar-refractivity contribution >= 4 is 17.6 Å². The Labute approximate surface area is 127 Å². The molecule has 110 valence electrons. The molecule has 2 aromatic rings. The molecule has 6 heteroatoms. The van der Waals surface area contributed by atoms with Crippen LogP contribution in [0.2, 0.25) is 5.02 Å². The zero-order valence-corrected chi connectivity index (χ0v) is 12.3. The highest BCUT2D eigenvalue weighted by molar-refractivity contribution is 6.32. The topological polar surface area (TPSA) is 68.7 Å². The van der Waals surface area contributed by atoms with Crippen molar-refractivity contribution in [3.63, 3.8) is 0 Å². The van der Waals surface area contributed by atoms with Gasteiger partial charge in [-0.1, -0.05) is 17.7 Å². The van der Waals surface area contributed by atoms with E-state index in [1.165, 1.54) is 19.2 Å². The van der Waals surface area contributed by atoms with Gasteiger partial charge in [0.1, 0.15) is 6.61 Å². The van der Waals surface area contributed by atoms with Crippen molar-refractivity contribution in [2.75, 3.05) is 7.11 Å². The molecule has 1 aromatic carbocycles. The van der Waals surface area contributed by atoms with Gasteiger partial charge in [0, 0.05) is 6.20 Å². The Morgan fingerprint density at radius 3 is 2.81 bits per heavy atom. The third-order valence-corrected chi connectivity index (χ3v) is 3.23. The van der Waals surface area contributed by atoms with Gasteiger partial charge in [-0.05, 0) is 30.7 Å². The van der Waals surface area contributed by atoms with Crippen LogP contribution in [0.25, 0.3) is 0 Å². The standard InChI is InChI=1S/C15H14ClNO4/c1-9-4-3-5-17-12(9)8-21-14-11(16)6-10(15(18)19)7-13(14)20-2/h3-7H,8H2,1-2H3,(H,18,19). The van der Waals surface area contributed by atoms with E-state index in [-0.39, 0.29) is 22.9 Å². The third kappa shape index (κ3) is 3.44. The third-order valence-electron chi connectivity index (χ3n) is 2.95. The normalized spacial score (nSPS) is 10.2. The number of carboxylic acids is 1. The molecule has 0 atom stereocenters. The molecular formula is C15H14ClNO4. The first-order valence-corrected chi connectivity index (χ1v) is 6.55. The lowest BCUT2D eigenvalue weighted by molar-refractivity contribution is 0.0696. The van der Waals surface area contributed by atoms with Crippen LogP contribution in [0.1, 0.15) is 21.6 Å². The van der Waals surface area contributed by atoms with Crippen LogP contribution in [0.4, 0.5) is 0 Å². The minimum atomic E-state index is -1.08. The molecule has 0 unspecified atom stereocenters. The summed E-state index contributed by atoms with van der Waals surface area (Å²) in [7, 11) is 1.43. The van der Waals surface area contributed by atoms with Crippen LogP contribution in [-0.2, 0) is 6.61 Å². The molecule has 1 aromatic heterocycles. The Bertz CT molecular complexity index is 673. The largest absolute Gasteiger partial charge is 0.493 e. The number of hydrogen-bond donors (Lipinski definition) is 1. The van der Waals surface area contributed by atoms with Crippen molar-refractivity contribution in [2.45, 2.75) is 13.5 Å². The second-order valence-corrected chi connectivity index (χ2v) is 4.76. The van der Waals surface area contributed by atoms with Gasteiger partial charge in [-0.3, -0.25) is 4.98 Å². The highest BCUT2D eigenvalue weighted by Gasteiger charge is 2.16. The molecule has 5 nitrogen and oxygen atoms in total. The van der Waals surface area contributed by atoms with E-state index in [0.717, 1.165) is 11.3 Å². The zero-order valence-electron chi connectivity index (χ0n) is 11.6. The Morgan fingerprint density at radius 1 is 1.43 bits per heavy atom. The summed E-state index contributed by atoms with van der Waals surface area (Å²) in [6.45, 7) is 2.15. The number of benzene rings is 1. The van der Waals surface area contributed by atoms with E-state index in [2.05, 4.69) is 4.98 Å². The van der Waals surface area contributed by atoms with Crippen molar-refractivity contribution < 1.29 is 19.4 Å². The molecule has 0 amide bonds. The van der Waals surface area contributed by atoms with E-state index < -0.39 is 5.97 Å². The van der Waals surface area contributed by atoms with Gasteiger partial charge in [0.25, 0.3) is 0 Å². The smallest absolute Gasteiger partial charge is 0.335 e. The molecule has 0 bridgehead atoms. The fraction of sp³-hybridized carbons (Fsp3) is 0.200. The highest BCUT2D eigenvalue weighted by Crippen LogP contribution is 2.37. The first-order chi connectivity index (χ1) is 10.0. The highest BCUT2D eigenvalue weighted by atomic mass is 35.5. The predicted molar refractivity (Wildman–Crippen MR) is 78.3 cm³/mol. The summed E-state index contributed by atoms with van der Waals surface area (Å²) in [4.78, 5) is 15.2.